The lowest BCUT2D eigenvalue weighted by Crippen LogP contribution is -2.22. The molecule has 0 aromatic heterocycles. The van der Waals surface area contributed by atoms with Crippen LogP contribution in [-0.2, 0) is 9.59 Å². The van der Waals surface area contributed by atoms with E-state index in [4.69, 9.17) is 5.11 Å². The zero-order chi connectivity index (χ0) is 19.6. The topological polar surface area (TPSA) is 74.6 Å². The van der Waals surface area contributed by atoms with E-state index in [-0.39, 0.29) is 30.0 Å². The van der Waals surface area contributed by atoms with Crippen molar-refractivity contribution >= 4 is 11.8 Å². The zero-order valence-electron chi connectivity index (χ0n) is 16.2. The lowest BCUT2D eigenvalue weighted by Gasteiger charge is -2.21. The summed E-state index contributed by atoms with van der Waals surface area (Å²) in [7, 11) is 0. The van der Waals surface area contributed by atoms with E-state index in [2.05, 4.69) is 18.8 Å². The minimum absolute atomic E-state index is 0.0526. The van der Waals surface area contributed by atoms with E-state index in [0.717, 1.165) is 6.42 Å². The van der Waals surface area contributed by atoms with Crippen LogP contribution in [0.5, 0.6) is 0 Å². The Morgan fingerprint density at radius 1 is 1.38 bits per heavy atom. The maximum Gasteiger partial charge on any atom is 0.303 e. The van der Waals surface area contributed by atoms with Crippen LogP contribution in [0.25, 0.3) is 0 Å². The summed E-state index contributed by atoms with van der Waals surface area (Å²) in [4.78, 5) is 22.8. The van der Waals surface area contributed by atoms with Crippen LogP contribution in [0.1, 0.15) is 65.7 Å². The number of ketones is 1. The van der Waals surface area contributed by atoms with Gasteiger partial charge in [-0.25, -0.2) is 0 Å². The Labute approximate surface area is 157 Å². The van der Waals surface area contributed by atoms with Crippen molar-refractivity contribution in [2.75, 3.05) is 0 Å². The highest BCUT2D eigenvalue weighted by Gasteiger charge is 2.37. The van der Waals surface area contributed by atoms with Crippen molar-refractivity contribution in [3.8, 4) is 11.8 Å². The van der Waals surface area contributed by atoms with Gasteiger partial charge in [-0.2, -0.15) is 0 Å². The van der Waals surface area contributed by atoms with E-state index in [9.17, 15) is 14.7 Å². The Balaban J connectivity index is 2.61. The van der Waals surface area contributed by atoms with Crippen LogP contribution in [0.15, 0.2) is 24.3 Å². The molecule has 0 aromatic carbocycles. The molecule has 0 aliphatic heterocycles. The molecule has 4 nitrogen and oxygen atoms in total. The maximum atomic E-state index is 12.3. The van der Waals surface area contributed by atoms with E-state index in [1.54, 1.807) is 13.8 Å². The van der Waals surface area contributed by atoms with E-state index >= 15 is 0 Å². The fourth-order valence-electron chi connectivity index (χ4n) is 3.40. The molecule has 1 aliphatic carbocycles. The summed E-state index contributed by atoms with van der Waals surface area (Å²) in [5, 5.41) is 19.1. The molecule has 0 spiro atoms. The van der Waals surface area contributed by atoms with Crippen LogP contribution in [0, 0.1) is 29.6 Å². The van der Waals surface area contributed by atoms with E-state index in [1.807, 2.05) is 24.3 Å². The number of hydrogen-bond donors (Lipinski definition) is 2. The quantitative estimate of drug-likeness (QED) is 0.349. The number of rotatable bonds is 10. The summed E-state index contributed by atoms with van der Waals surface area (Å²) in [6.45, 7) is 5.65. The van der Waals surface area contributed by atoms with Gasteiger partial charge in [0.2, 0.25) is 0 Å². The number of Topliss-reactive ketones (excluding diaryl/α,β-unsaturated/α-hetero) is 1. The molecule has 144 valence electrons. The number of aliphatic hydroxyl groups is 1. The largest absolute Gasteiger partial charge is 0.481 e. The number of carbonyl (C=O) groups excluding carboxylic acids is 1. The van der Waals surface area contributed by atoms with Gasteiger partial charge in [0.1, 0.15) is 5.78 Å². The number of carboxylic acid groups (broad SMARTS) is 1. The number of aliphatic carboxylic acids is 1. The number of allylic oxidation sites excluding steroid dienone is 3. The second kappa shape index (κ2) is 11.0. The molecule has 0 saturated heterocycles. The van der Waals surface area contributed by atoms with Crippen LogP contribution < -0.4 is 0 Å². The first-order chi connectivity index (χ1) is 12.3. The Kier molecular flexibility index (Phi) is 9.37. The molecule has 1 saturated carbocycles. The number of carbonyl (C=O) groups is 2. The van der Waals surface area contributed by atoms with Crippen molar-refractivity contribution in [1.82, 2.24) is 0 Å². The first kappa shape index (κ1) is 22.2. The van der Waals surface area contributed by atoms with Gasteiger partial charge in [0.15, 0.2) is 0 Å². The molecule has 26 heavy (non-hydrogen) atoms. The Morgan fingerprint density at radius 2 is 2.12 bits per heavy atom. The van der Waals surface area contributed by atoms with Crippen molar-refractivity contribution in [2.24, 2.45) is 17.8 Å². The molecule has 1 unspecified atom stereocenters. The number of hydrogen-bond acceptors (Lipinski definition) is 3. The van der Waals surface area contributed by atoms with Gasteiger partial charge >= 0.3 is 5.97 Å². The first-order valence-electron chi connectivity index (χ1n) is 9.47. The van der Waals surface area contributed by atoms with Gasteiger partial charge in [-0.1, -0.05) is 31.2 Å². The molecule has 0 heterocycles. The predicted octanol–water partition coefficient (Wildman–Crippen LogP) is 4.14. The van der Waals surface area contributed by atoms with Crippen LogP contribution in [0.3, 0.4) is 0 Å². The molecular weight excluding hydrogens is 328 g/mol. The minimum atomic E-state index is -0.910. The van der Waals surface area contributed by atoms with Gasteiger partial charge in [0.05, 0.1) is 5.60 Å². The Morgan fingerprint density at radius 3 is 2.77 bits per heavy atom. The summed E-state index contributed by atoms with van der Waals surface area (Å²) in [6, 6.07) is 0. The predicted molar refractivity (Wildman–Crippen MR) is 103 cm³/mol. The third kappa shape index (κ3) is 8.01. The number of carboxylic acids is 1. The van der Waals surface area contributed by atoms with Crippen LogP contribution in [0.4, 0.5) is 0 Å². The SMILES string of the molecule is CC#CCCC(C)(O)/C=C/[C@H]1[C@H](C)CC(=O)[C@@H]1C/C=C\CCCC(=O)O. The summed E-state index contributed by atoms with van der Waals surface area (Å²) < 4.78 is 0. The highest BCUT2D eigenvalue weighted by molar-refractivity contribution is 5.84. The normalized spacial score (nSPS) is 25.4. The molecule has 2 N–H and O–H groups in total. The lowest BCUT2D eigenvalue weighted by molar-refractivity contribution is -0.137. The molecule has 0 aromatic rings. The average Bonchev–Trinajstić information content (AvgIpc) is 2.82. The van der Waals surface area contributed by atoms with Crippen molar-refractivity contribution in [1.29, 1.82) is 0 Å². The highest BCUT2D eigenvalue weighted by Crippen LogP contribution is 2.38. The molecule has 4 heteroatoms. The fraction of sp³-hybridized carbons (Fsp3) is 0.636. The minimum Gasteiger partial charge on any atom is -0.481 e. The molecule has 0 bridgehead atoms. The molecular formula is C22H32O4. The summed E-state index contributed by atoms with van der Waals surface area (Å²) in [6.07, 6.45) is 11.8. The highest BCUT2D eigenvalue weighted by atomic mass is 16.4. The van der Waals surface area contributed by atoms with E-state index in [1.165, 1.54) is 0 Å². The second-order valence-corrected chi connectivity index (χ2v) is 7.47. The van der Waals surface area contributed by atoms with Gasteiger partial charge < -0.3 is 10.2 Å². The molecule has 4 atom stereocenters. The Bertz CT molecular complexity index is 589. The lowest BCUT2D eigenvalue weighted by atomic mass is 9.85. The monoisotopic (exact) mass is 360 g/mol. The second-order valence-electron chi connectivity index (χ2n) is 7.47. The summed E-state index contributed by atoms with van der Waals surface area (Å²) in [5.41, 5.74) is -0.910. The average molecular weight is 360 g/mol. The van der Waals surface area contributed by atoms with Crippen LogP contribution in [-0.4, -0.2) is 27.6 Å². The first-order valence-corrected chi connectivity index (χ1v) is 9.47. The van der Waals surface area contributed by atoms with Crippen molar-refractivity contribution in [3.63, 3.8) is 0 Å². The molecule has 0 radical (unpaired) electrons. The summed E-state index contributed by atoms with van der Waals surface area (Å²) >= 11 is 0. The van der Waals surface area contributed by atoms with E-state index < -0.39 is 11.6 Å². The third-order valence-electron chi connectivity index (χ3n) is 4.99. The Hall–Kier alpha value is -1.86. The molecule has 1 rings (SSSR count). The van der Waals surface area contributed by atoms with Gasteiger partial charge in [-0.05, 0) is 51.4 Å². The van der Waals surface area contributed by atoms with Gasteiger partial charge in [0, 0.05) is 25.2 Å². The standard InChI is InChI=1S/C22H32O4/c1-4-5-10-14-22(3,26)15-13-18-17(2)16-20(23)19(18)11-8-6-7-9-12-21(24)25/h6,8,13,15,17-19,26H,7,9-12,14,16H2,1-3H3,(H,24,25)/b8-6-,15-13+/t17-,18+,19-,22?/m1/s1. The van der Waals surface area contributed by atoms with Gasteiger partial charge in [-0.15, -0.1) is 11.8 Å². The summed E-state index contributed by atoms with van der Waals surface area (Å²) in [5.74, 6) is 5.65. The molecule has 1 fully saturated rings. The van der Waals surface area contributed by atoms with Crippen molar-refractivity contribution < 1.29 is 19.8 Å². The zero-order valence-corrected chi connectivity index (χ0v) is 16.2. The van der Waals surface area contributed by atoms with Crippen molar-refractivity contribution in [2.45, 2.75) is 71.3 Å². The molecule has 1 aliphatic rings. The van der Waals surface area contributed by atoms with Gasteiger partial charge in [-0.3, -0.25) is 9.59 Å². The fourth-order valence-corrected chi connectivity index (χ4v) is 3.40. The number of unbranched alkanes of at least 4 members (excludes halogenated alkanes) is 1. The van der Waals surface area contributed by atoms with E-state index in [0.29, 0.717) is 32.1 Å². The van der Waals surface area contributed by atoms with Crippen LogP contribution in [0.2, 0.25) is 0 Å². The maximum absolute atomic E-state index is 12.3. The van der Waals surface area contributed by atoms with Crippen LogP contribution >= 0.6 is 0 Å². The van der Waals surface area contributed by atoms with Crippen molar-refractivity contribution in [3.05, 3.63) is 24.3 Å². The smallest absolute Gasteiger partial charge is 0.303 e. The van der Waals surface area contributed by atoms with Gasteiger partial charge in [0.25, 0.3) is 0 Å². The molecule has 0 amide bonds. The third-order valence-corrected chi connectivity index (χ3v) is 4.99.